The number of ketones is 1. The normalized spacial score (nSPS) is 32.0. The third kappa shape index (κ3) is 4.95. The van der Waals surface area contributed by atoms with E-state index in [-0.39, 0.29) is 40.7 Å². The molecule has 1 saturated heterocycles. The number of benzene rings is 1. The molecular weight excluding hydrogens is 499 g/mol. The van der Waals surface area contributed by atoms with Crippen LogP contribution in [0.5, 0.6) is 0 Å². The van der Waals surface area contributed by atoms with Gasteiger partial charge in [0.1, 0.15) is 6.04 Å². The first kappa shape index (κ1) is 29.4. The van der Waals surface area contributed by atoms with Crippen molar-refractivity contribution in [1.29, 1.82) is 0 Å². The molecule has 6 rings (SSSR count). The first-order valence-electron chi connectivity index (χ1n) is 15.5. The maximum Gasteiger partial charge on any atom is 0.481 e. The quantitative estimate of drug-likeness (QED) is 0.367. The van der Waals surface area contributed by atoms with E-state index in [0.717, 1.165) is 29.7 Å². The van der Waals surface area contributed by atoms with Crippen molar-refractivity contribution in [2.24, 2.45) is 29.1 Å². The zero-order chi connectivity index (χ0) is 29.1. The smallest absolute Gasteiger partial charge is 0.404 e. The second-order valence-electron chi connectivity index (χ2n) is 14.6. The third-order valence-electron chi connectivity index (χ3n) is 10.6. The van der Waals surface area contributed by atoms with E-state index in [9.17, 15) is 9.59 Å². The van der Waals surface area contributed by atoms with Crippen molar-refractivity contribution < 1.29 is 18.9 Å². The van der Waals surface area contributed by atoms with Crippen LogP contribution in [-0.2, 0) is 14.1 Å². The lowest BCUT2D eigenvalue weighted by Crippen LogP contribution is -2.65. The number of fused-ring (bicyclic) bond motifs is 1. The van der Waals surface area contributed by atoms with Crippen LogP contribution in [0.3, 0.4) is 0 Å². The molecule has 218 valence electrons. The predicted octanol–water partition coefficient (Wildman–Crippen LogP) is 6.06. The van der Waals surface area contributed by atoms with Gasteiger partial charge in [-0.15, -0.1) is 0 Å². The molecule has 5 aliphatic rings. The van der Waals surface area contributed by atoms with E-state index in [0.29, 0.717) is 35.7 Å². The highest BCUT2D eigenvalue weighted by Gasteiger charge is 2.68. The SMILES string of the molecule is CC1=C(N[C@@H](CC(C)C)C(=O)N[C@@H](CC(C)C)B2O[C@@H]3C[C@@H]4C[C@@H](C4(C)C)[C@]3(C)O2)[C@H](C)c2ccccc2C1=O. The second kappa shape index (κ2) is 10.6. The van der Waals surface area contributed by atoms with Crippen molar-refractivity contribution in [3.05, 3.63) is 46.7 Å². The largest absolute Gasteiger partial charge is 0.481 e. The Bertz CT molecular complexity index is 1190. The Hall–Kier alpha value is -2.12. The Morgan fingerprint density at radius 1 is 1.07 bits per heavy atom. The van der Waals surface area contributed by atoms with Crippen LogP contribution in [0.1, 0.15) is 110 Å². The number of nitrogens with one attached hydrogen (secondary N) is 2. The van der Waals surface area contributed by atoms with Gasteiger partial charge in [0, 0.05) is 22.8 Å². The van der Waals surface area contributed by atoms with Crippen LogP contribution in [0, 0.1) is 29.1 Å². The number of allylic oxidation sites excluding steroid dienone is 2. The first-order chi connectivity index (χ1) is 18.7. The molecule has 2 N–H and O–H groups in total. The van der Waals surface area contributed by atoms with Gasteiger partial charge in [-0.3, -0.25) is 9.59 Å². The summed E-state index contributed by atoms with van der Waals surface area (Å²) in [7, 11) is -0.459. The van der Waals surface area contributed by atoms with Gasteiger partial charge in [-0.25, -0.2) is 0 Å². The van der Waals surface area contributed by atoms with E-state index in [1.165, 1.54) is 6.42 Å². The minimum Gasteiger partial charge on any atom is -0.404 e. The van der Waals surface area contributed by atoms with Crippen molar-refractivity contribution in [1.82, 2.24) is 10.6 Å². The molecule has 0 unspecified atom stereocenters. The van der Waals surface area contributed by atoms with Gasteiger partial charge in [0.2, 0.25) is 5.91 Å². The Morgan fingerprint density at radius 2 is 1.75 bits per heavy atom. The van der Waals surface area contributed by atoms with Crippen LogP contribution in [-0.4, -0.2) is 42.5 Å². The maximum absolute atomic E-state index is 14.0. The Labute approximate surface area is 241 Å². The van der Waals surface area contributed by atoms with Crippen molar-refractivity contribution >= 4 is 18.8 Å². The Kier molecular flexibility index (Phi) is 7.80. The molecule has 0 aromatic heterocycles. The zero-order valence-corrected chi connectivity index (χ0v) is 26.0. The summed E-state index contributed by atoms with van der Waals surface area (Å²) in [5.74, 6) is 1.55. The van der Waals surface area contributed by atoms with Crippen molar-refractivity contribution in [2.45, 2.75) is 118 Å². The molecule has 6 nitrogen and oxygen atoms in total. The molecule has 7 atom stereocenters. The molecule has 4 aliphatic carbocycles. The van der Waals surface area contributed by atoms with Crippen LogP contribution in [0.2, 0.25) is 0 Å². The average molecular weight is 549 g/mol. The minimum absolute atomic E-state index is 0.00207. The molecule has 0 radical (unpaired) electrons. The van der Waals surface area contributed by atoms with Crippen LogP contribution < -0.4 is 10.6 Å². The summed E-state index contributed by atoms with van der Waals surface area (Å²) in [4.78, 5) is 27.2. The van der Waals surface area contributed by atoms with Crippen LogP contribution in [0.15, 0.2) is 35.5 Å². The van der Waals surface area contributed by atoms with Gasteiger partial charge in [-0.2, -0.15) is 0 Å². The summed E-state index contributed by atoms with van der Waals surface area (Å²) < 4.78 is 13.4. The summed E-state index contributed by atoms with van der Waals surface area (Å²) in [6, 6.07) is 7.33. The zero-order valence-electron chi connectivity index (χ0n) is 26.0. The maximum atomic E-state index is 14.0. The van der Waals surface area contributed by atoms with Crippen molar-refractivity contribution in [3.8, 4) is 0 Å². The molecule has 40 heavy (non-hydrogen) atoms. The molecular formula is C33H49BN2O4. The highest BCUT2D eigenvalue weighted by Crippen LogP contribution is 2.65. The molecule has 0 spiro atoms. The van der Waals surface area contributed by atoms with Crippen LogP contribution in [0.25, 0.3) is 0 Å². The van der Waals surface area contributed by atoms with E-state index in [1.807, 2.05) is 31.2 Å². The van der Waals surface area contributed by atoms with Gasteiger partial charge in [0.25, 0.3) is 0 Å². The number of Topliss-reactive ketones (excluding diaryl/α,β-unsaturated/α-hetero) is 1. The molecule has 2 bridgehead atoms. The number of hydrogen-bond acceptors (Lipinski definition) is 5. The minimum atomic E-state index is -0.467. The molecule has 1 aliphatic heterocycles. The average Bonchev–Trinajstić information content (AvgIpc) is 3.25. The van der Waals surface area contributed by atoms with Gasteiger partial charge in [-0.05, 0) is 74.2 Å². The van der Waals surface area contributed by atoms with Crippen LogP contribution >= 0.6 is 0 Å². The number of hydrogen-bond donors (Lipinski definition) is 2. The fourth-order valence-corrected chi connectivity index (χ4v) is 8.11. The molecule has 4 fully saturated rings. The van der Waals surface area contributed by atoms with Crippen LogP contribution in [0.4, 0.5) is 0 Å². The van der Waals surface area contributed by atoms with E-state index in [4.69, 9.17) is 9.31 Å². The number of rotatable bonds is 9. The first-order valence-corrected chi connectivity index (χ1v) is 15.5. The molecule has 3 saturated carbocycles. The standard InChI is InChI=1S/C33H49BN2O4/c1-18(2)14-25(35-29-20(5)23-12-10-11-13-24(23)30(37)21(29)6)31(38)36-28(15-19(3)4)34-39-27-17-22-16-26(32(22,7)8)33(27,9)40-34/h10-13,18-20,22,25-28,35H,14-17H2,1-9H3,(H,36,38)/t20-,22+,25+,26+,27-,28+,33+/m1/s1. The molecule has 7 heteroatoms. The number of amides is 1. The summed E-state index contributed by atoms with van der Waals surface area (Å²) >= 11 is 0. The molecule has 1 aromatic rings. The topological polar surface area (TPSA) is 76.7 Å². The number of carbonyl (C=O) groups is 2. The molecule has 1 heterocycles. The highest BCUT2D eigenvalue weighted by atomic mass is 16.7. The summed E-state index contributed by atoms with van der Waals surface area (Å²) in [6.07, 6.45) is 3.73. The number of carbonyl (C=O) groups excluding carboxylic acids is 2. The van der Waals surface area contributed by atoms with Crippen molar-refractivity contribution in [3.63, 3.8) is 0 Å². The molecule has 1 amide bonds. The van der Waals surface area contributed by atoms with E-state index in [2.05, 4.69) is 66.0 Å². The highest BCUT2D eigenvalue weighted by molar-refractivity contribution is 6.48. The van der Waals surface area contributed by atoms with Gasteiger partial charge in [0.15, 0.2) is 5.78 Å². The van der Waals surface area contributed by atoms with E-state index >= 15 is 0 Å². The summed E-state index contributed by atoms with van der Waals surface area (Å²) in [5.41, 5.74) is 3.25. The Morgan fingerprint density at radius 3 is 2.40 bits per heavy atom. The lowest BCUT2D eigenvalue weighted by molar-refractivity contribution is -0.199. The monoisotopic (exact) mass is 548 g/mol. The van der Waals surface area contributed by atoms with Gasteiger partial charge < -0.3 is 19.9 Å². The lowest BCUT2D eigenvalue weighted by Gasteiger charge is -2.64. The summed E-state index contributed by atoms with van der Waals surface area (Å²) in [5, 5.41) is 6.92. The molecule has 1 aromatic carbocycles. The fraction of sp³-hybridized carbons (Fsp3) is 0.697. The third-order valence-corrected chi connectivity index (χ3v) is 10.6. The summed E-state index contributed by atoms with van der Waals surface area (Å²) in [6.45, 7) is 19.5. The Balaban J connectivity index is 1.36. The fourth-order valence-electron chi connectivity index (χ4n) is 8.11. The van der Waals surface area contributed by atoms with E-state index in [1.54, 1.807) is 0 Å². The predicted molar refractivity (Wildman–Crippen MR) is 160 cm³/mol. The van der Waals surface area contributed by atoms with Crippen molar-refractivity contribution in [2.75, 3.05) is 0 Å². The lowest BCUT2D eigenvalue weighted by atomic mass is 9.43. The second-order valence-corrected chi connectivity index (χ2v) is 14.6. The van der Waals surface area contributed by atoms with Gasteiger partial charge in [-0.1, -0.05) is 72.7 Å². The van der Waals surface area contributed by atoms with Gasteiger partial charge in [0.05, 0.1) is 17.6 Å². The van der Waals surface area contributed by atoms with Gasteiger partial charge >= 0.3 is 7.12 Å². The van der Waals surface area contributed by atoms with E-state index < -0.39 is 13.2 Å².